The smallest absolute Gasteiger partial charge is 0.275 e. The lowest BCUT2D eigenvalue weighted by atomic mass is 10.0. The third-order valence-electron chi connectivity index (χ3n) is 4.49. The van der Waals surface area contributed by atoms with Crippen molar-refractivity contribution >= 4 is 35.2 Å². The van der Waals surface area contributed by atoms with Crippen LogP contribution in [0, 0.1) is 0 Å². The maximum atomic E-state index is 12.7. The van der Waals surface area contributed by atoms with Crippen molar-refractivity contribution in [2.45, 2.75) is 18.9 Å². The SMILES string of the molecule is O=C1CCC(N2C(=O)c3ccc(NC(=O)c4cnccn4)cc3C2=O)C(=O)N1. The Hall–Kier alpha value is -3.95. The first kappa shape index (κ1) is 17.5. The number of imide groups is 2. The first-order valence-electron chi connectivity index (χ1n) is 8.38. The van der Waals surface area contributed by atoms with Crippen LogP contribution in [0.1, 0.15) is 44.0 Å². The van der Waals surface area contributed by atoms with Crippen molar-refractivity contribution in [1.29, 1.82) is 0 Å². The predicted octanol–water partition coefficient (Wildman–Crippen LogP) is 0.130. The van der Waals surface area contributed by atoms with E-state index >= 15 is 0 Å². The van der Waals surface area contributed by atoms with Crippen molar-refractivity contribution in [3.05, 3.63) is 53.6 Å². The second-order valence-electron chi connectivity index (χ2n) is 6.25. The molecule has 140 valence electrons. The second kappa shape index (κ2) is 6.65. The van der Waals surface area contributed by atoms with Gasteiger partial charge in [-0.05, 0) is 24.6 Å². The van der Waals surface area contributed by atoms with Gasteiger partial charge in [0.2, 0.25) is 11.8 Å². The number of benzene rings is 1. The Morgan fingerprint density at radius 1 is 1.11 bits per heavy atom. The Morgan fingerprint density at radius 2 is 1.89 bits per heavy atom. The van der Waals surface area contributed by atoms with Crippen molar-refractivity contribution in [3.8, 4) is 0 Å². The van der Waals surface area contributed by atoms with Gasteiger partial charge in [0.15, 0.2) is 0 Å². The van der Waals surface area contributed by atoms with Crippen LogP contribution in [-0.2, 0) is 9.59 Å². The van der Waals surface area contributed by atoms with Gasteiger partial charge in [-0.1, -0.05) is 0 Å². The molecule has 2 N–H and O–H groups in total. The first-order valence-corrected chi connectivity index (χ1v) is 8.38. The van der Waals surface area contributed by atoms with Crippen LogP contribution >= 0.6 is 0 Å². The van der Waals surface area contributed by atoms with E-state index in [1.54, 1.807) is 0 Å². The van der Waals surface area contributed by atoms with E-state index in [1.807, 2.05) is 0 Å². The summed E-state index contributed by atoms with van der Waals surface area (Å²) in [6, 6.07) is 3.22. The highest BCUT2D eigenvalue weighted by Crippen LogP contribution is 2.29. The van der Waals surface area contributed by atoms with Gasteiger partial charge in [0.1, 0.15) is 11.7 Å². The van der Waals surface area contributed by atoms with Crippen molar-refractivity contribution < 1.29 is 24.0 Å². The Balaban J connectivity index is 1.58. The summed E-state index contributed by atoms with van der Waals surface area (Å²) < 4.78 is 0. The first-order chi connectivity index (χ1) is 13.5. The fourth-order valence-corrected chi connectivity index (χ4v) is 3.16. The third-order valence-corrected chi connectivity index (χ3v) is 4.49. The van der Waals surface area contributed by atoms with Crippen molar-refractivity contribution in [2.24, 2.45) is 0 Å². The Bertz CT molecular complexity index is 1040. The minimum absolute atomic E-state index is 0.0449. The molecule has 10 nitrogen and oxygen atoms in total. The highest BCUT2D eigenvalue weighted by Gasteiger charge is 2.44. The van der Waals surface area contributed by atoms with Crippen LogP contribution in [-0.4, -0.2) is 50.4 Å². The molecule has 2 aliphatic heterocycles. The third kappa shape index (κ3) is 2.90. The molecule has 28 heavy (non-hydrogen) atoms. The topological polar surface area (TPSA) is 138 Å². The van der Waals surface area contributed by atoms with E-state index in [1.165, 1.54) is 36.8 Å². The van der Waals surface area contributed by atoms with Crippen LogP contribution in [0.5, 0.6) is 0 Å². The standard InChI is InChI=1S/C18H13N5O5/c24-14-4-3-13(16(26)22-14)23-17(27)10-2-1-9(7-11(10)18(23)28)21-15(25)12-8-19-5-6-20-12/h1-2,5-8,13H,3-4H2,(H,21,25)(H,22,24,26). The zero-order valence-corrected chi connectivity index (χ0v) is 14.3. The number of nitrogens with one attached hydrogen (secondary N) is 2. The number of aromatic nitrogens is 2. The molecule has 1 aromatic carbocycles. The Morgan fingerprint density at radius 3 is 2.61 bits per heavy atom. The molecule has 1 atom stereocenters. The van der Waals surface area contributed by atoms with E-state index in [4.69, 9.17) is 0 Å². The van der Waals surface area contributed by atoms with Crippen molar-refractivity contribution in [3.63, 3.8) is 0 Å². The number of amides is 5. The molecule has 0 aliphatic carbocycles. The van der Waals surface area contributed by atoms with E-state index in [2.05, 4.69) is 20.6 Å². The van der Waals surface area contributed by atoms with Crippen LogP contribution in [0.2, 0.25) is 0 Å². The average Bonchev–Trinajstić information content (AvgIpc) is 2.93. The van der Waals surface area contributed by atoms with Gasteiger partial charge in [0.25, 0.3) is 17.7 Å². The molecule has 0 radical (unpaired) electrons. The van der Waals surface area contributed by atoms with E-state index in [9.17, 15) is 24.0 Å². The summed E-state index contributed by atoms with van der Waals surface area (Å²) in [6.07, 6.45) is 4.22. The zero-order chi connectivity index (χ0) is 19.8. The highest BCUT2D eigenvalue weighted by atomic mass is 16.2. The van der Waals surface area contributed by atoms with Crippen molar-refractivity contribution in [2.75, 3.05) is 5.32 Å². The van der Waals surface area contributed by atoms with Gasteiger partial charge in [-0.3, -0.25) is 39.2 Å². The molecule has 1 aromatic heterocycles. The number of carbonyl (C=O) groups excluding carboxylic acids is 5. The average molecular weight is 379 g/mol. The summed E-state index contributed by atoms with van der Waals surface area (Å²) in [5.41, 5.74) is 0.593. The maximum absolute atomic E-state index is 12.7. The molecule has 2 aromatic rings. The van der Waals surface area contributed by atoms with Crippen LogP contribution in [0.15, 0.2) is 36.8 Å². The van der Waals surface area contributed by atoms with Crippen LogP contribution in [0.4, 0.5) is 5.69 Å². The van der Waals surface area contributed by atoms with Gasteiger partial charge in [0.05, 0.1) is 17.3 Å². The number of hydrogen-bond acceptors (Lipinski definition) is 7. The Kier molecular flexibility index (Phi) is 4.15. The summed E-state index contributed by atoms with van der Waals surface area (Å²) >= 11 is 0. The van der Waals surface area contributed by atoms with E-state index in [0.717, 1.165) is 4.90 Å². The number of carbonyl (C=O) groups is 5. The minimum atomic E-state index is -1.04. The predicted molar refractivity (Wildman–Crippen MR) is 93.1 cm³/mol. The number of nitrogens with zero attached hydrogens (tertiary/aromatic N) is 3. The molecule has 0 bridgehead atoms. The second-order valence-corrected chi connectivity index (χ2v) is 6.25. The summed E-state index contributed by atoms with van der Waals surface area (Å²) in [4.78, 5) is 69.5. The molecule has 0 saturated carbocycles. The molecule has 5 amide bonds. The lowest BCUT2D eigenvalue weighted by Gasteiger charge is -2.27. The van der Waals surface area contributed by atoms with E-state index < -0.39 is 35.6 Å². The summed E-state index contributed by atoms with van der Waals surface area (Å²) in [5.74, 6) is -2.90. The van der Waals surface area contributed by atoms with Crippen molar-refractivity contribution in [1.82, 2.24) is 20.2 Å². The molecule has 1 saturated heterocycles. The Labute approximate surface area is 158 Å². The number of rotatable bonds is 3. The maximum Gasteiger partial charge on any atom is 0.275 e. The molecule has 10 heteroatoms. The molecule has 2 aliphatic rings. The fraction of sp³-hybridized carbons (Fsp3) is 0.167. The summed E-state index contributed by atoms with van der Waals surface area (Å²) in [7, 11) is 0. The number of fused-ring (bicyclic) bond motifs is 1. The van der Waals surface area contributed by atoms with Gasteiger partial charge in [0, 0.05) is 24.5 Å². The fourth-order valence-electron chi connectivity index (χ4n) is 3.16. The largest absolute Gasteiger partial charge is 0.321 e. The molecule has 1 fully saturated rings. The molecule has 0 spiro atoms. The van der Waals surface area contributed by atoms with E-state index in [0.29, 0.717) is 5.69 Å². The van der Waals surface area contributed by atoms with Crippen LogP contribution < -0.4 is 10.6 Å². The monoisotopic (exact) mass is 379 g/mol. The molecular formula is C18H13N5O5. The van der Waals surface area contributed by atoms with E-state index in [-0.39, 0.29) is 29.7 Å². The minimum Gasteiger partial charge on any atom is -0.321 e. The van der Waals surface area contributed by atoms with Crippen LogP contribution in [0.3, 0.4) is 0 Å². The lowest BCUT2D eigenvalue weighted by molar-refractivity contribution is -0.136. The molecule has 3 heterocycles. The molecule has 4 rings (SSSR count). The quantitative estimate of drug-likeness (QED) is 0.723. The van der Waals surface area contributed by atoms with Gasteiger partial charge in [-0.2, -0.15) is 0 Å². The van der Waals surface area contributed by atoms with Gasteiger partial charge >= 0.3 is 0 Å². The summed E-state index contributed by atoms with van der Waals surface area (Å²) in [5, 5.41) is 4.72. The van der Waals surface area contributed by atoms with Gasteiger partial charge in [-0.25, -0.2) is 4.98 Å². The highest BCUT2D eigenvalue weighted by molar-refractivity contribution is 6.24. The van der Waals surface area contributed by atoms with Gasteiger partial charge in [-0.15, -0.1) is 0 Å². The molecular weight excluding hydrogens is 366 g/mol. The van der Waals surface area contributed by atoms with Gasteiger partial charge < -0.3 is 5.32 Å². The number of hydrogen-bond donors (Lipinski definition) is 2. The normalized spacial score (nSPS) is 18.7. The molecule has 1 unspecified atom stereocenters. The summed E-state index contributed by atoms with van der Waals surface area (Å²) in [6.45, 7) is 0. The number of piperidine rings is 1. The zero-order valence-electron chi connectivity index (χ0n) is 14.3. The lowest BCUT2D eigenvalue weighted by Crippen LogP contribution is -2.54. The van der Waals surface area contributed by atoms with Crippen LogP contribution in [0.25, 0.3) is 0 Å². The number of anilines is 1.